The number of likely N-dealkylation sites (tertiary alicyclic amines) is 1. The minimum absolute atomic E-state index is 0.00240. The Hall–Kier alpha value is -3.10. The topological polar surface area (TPSA) is 111 Å². The van der Waals surface area contributed by atoms with E-state index in [1.54, 1.807) is 31.3 Å². The molecule has 0 unspecified atom stereocenters. The van der Waals surface area contributed by atoms with Crippen LogP contribution in [0.2, 0.25) is 0 Å². The van der Waals surface area contributed by atoms with Gasteiger partial charge in [-0.3, -0.25) is 14.5 Å². The Labute approximate surface area is 186 Å². The highest BCUT2D eigenvalue weighted by atomic mass is 16.5. The van der Waals surface area contributed by atoms with Crippen molar-refractivity contribution in [3.63, 3.8) is 0 Å². The molecule has 0 atom stereocenters. The fourth-order valence-electron chi connectivity index (χ4n) is 5.56. The van der Waals surface area contributed by atoms with Gasteiger partial charge in [0.25, 0.3) is 0 Å². The lowest BCUT2D eigenvalue weighted by Crippen LogP contribution is -2.48. The summed E-state index contributed by atoms with van der Waals surface area (Å²) in [5, 5.41) is 0.705. The van der Waals surface area contributed by atoms with Crippen molar-refractivity contribution < 1.29 is 19.1 Å². The Kier molecular flexibility index (Phi) is 5.06. The molecular weight excluding hydrogens is 410 g/mol. The van der Waals surface area contributed by atoms with E-state index in [9.17, 15) is 9.59 Å². The Bertz CT molecular complexity index is 1070. The first-order valence-corrected chi connectivity index (χ1v) is 11.3. The first-order chi connectivity index (χ1) is 15.5. The minimum atomic E-state index is -0.412. The van der Waals surface area contributed by atoms with E-state index in [0.29, 0.717) is 66.5 Å². The summed E-state index contributed by atoms with van der Waals surface area (Å²) < 4.78 is 10.7. The lowest BCUT2D eigenvalue weighted by Gasteiger charge is -2.36. The fraction of sp³-hybridized carbons (Fsp3) is 0.565. The summed E-state index contributed by atoms with van der Waals surface area (Å²) in [5.74, 6) is 2.14. The van der Waals surface area contributed by atoms with Crippen LogP contribution in [0.25, 0.3) is 10.9 Å². The predicted octanol–water partition coefficient (Wildman–Crippen LogP) is 2.52. The number of aromatic nitrogens is 2. The third-order valence-electron chi connectivity index (χ3n) is 7.32. The zero-order chi connectivity index (χ0) is 22.5. The summed E-state index contributed by atoms with van der Waals surface area (Å²) in [6.07, 6.45) is 5.60. The van der Waals surface area contributed by atoms with Crippen LogP contribution in [-0.4, -0.2) is 60.0 Å². The number of benzene rings is 1. The Morgan fingerprint density at radius 2 is 1.69 bits per heavy atom. The molecule has 2 saturated heterocycles. The smallest absolute Gasteiger partial charge is 0.236 e. The average Bonchev–Trinajstić information content (AvgIpc) is 3.37. The highest BCUT2D eigenvalue weighted by molar-refractivity contribution is 6.06. The van der Waals surface area contributed by atoms with Crippen LogP contribution in [0.15, 0.2) is 12.1 Å². The zero-order valence-electron chi connectivity index (χ0n) is 18.6. The van der Waals surface area contributed by atoms with E-state index in [4.69, 9.17) is 20.2 Å². The maximum absolute atomic E-state index is 13.1. The van der Waals surface area contributed by atoms with Crippen LogP contribution >= 0.6 is 0 Å². The molecule has 2 aliphatic heterocycles. The maximum atomic E-state index is 13.1. The van der Waals surface area contributed by atoms with Crippen molar-refractivity contribution in [2.45, 2.75) is 51.0 Å². The van der Waals surface area contributed by atoms with E-state index in [-0.39, 0.29) is 17.9 Å². The lowest BCUT2D eigenvalue weighted by atomic mass is 9.84. The first-order valence-electron chi connectivity index (χ1n) is 11.3. The molecule has 3 heterocycles. The van der Waals surface area contributed by atoms with E-state index in [2.05, 4.69) is 9.88 Å². The van der Waals surface area contributed by atoms with Crippen molar-refractivity contribution in [3.8, 4) is 11.5 Å². The van der Waals surface area contributed by atoms with Gasteiger partial charge < -0.3 is 20.1 Å². The standard InChI is InChI=1S/C23H29N5O4/c1-31-17-11-15-16(12-18(17)32-2)25-22(26-20(15)24)27-9-5-14(6-10-27)28-19(29)13-23(21(28)30)7-3-4-8-23/h11-12,14H,3-10,13H2,1-2H3,(H2,24,25,26). The normalized spacial score (nSPS) is 21.2. The van der Waals surface area contributed by atoms with Gasteiger partial charge in [-0.1, -0.05) is 12.8 Å². The molecule has 1 aromatic heterocycles. The van der Waals surface area contributed by atoms with Crippen molar-refractivity contribution in [1.82, 2.24) is 14.9 Å². The van der Waals surface area contributed by atoms with Gasteiger partial charge in [-0.05, 0) is 31.7 Å². The van der Waals surface area contributed by atoms with E-state index in [1.165, 1.54) is 0 Å². The van der Waals surface area contributed by atoms with Gasteiger partial charge >= 0.3 is 0 Å². The molecule has 170 valence electrons. The van der Waals surface area contributed by atoms with Gasteiger partial charge in [0.1, 0.15) is 5.82 Å². The highest BCUT2D eigenvalue weighted by Crippen LogP contribution is 2.48. The number of hydrogen-bond donors (Lipinski definition) is 1. The van der Waals surface area contributed by atoms with E-state index in [0.717, 1.165) is 25.7 Å². The van der Waals surface area contributed by atoms with E-state index < -0.39 is 5.41 Å². The number of nitrogens with two attached hydrogens (primary N) is 1. The van der Waals surface area contributed by atoms with Crippen molar-refractivity contribution in [3.05, 3.63) is 12.1 Å². The molecule has 1 aliphatic carbocycles. The number of ether oxygens (including phenoxy) is 2. The molecule has 0 bridgehead atoms. The summed E-state index contributed by atoms with van der Waals surface area (Å²) in [5.41, 5.74) is 6.51. The number of methoxy groups -OCH3 is 2. The third kappa shape index (κ3) is 3.22. The average molecular weight is 440 g/mol. The number of rotatable bonds is 4. The maximum Gasteiger partial charge on any atom is 0.236 e. The van der Waals surface area contributed by atoms with Gasteiger partial charge in [-0.2, -0.15) is 4.98 Å². The second-order valence-corrected chi connectivity index (χ2v) is 9.08. The van der Waals surface area contributed by atoms with Crippen molar-refractivity contribution >= 4 is 34.5 Å². The van der Waals surface area contributed by atoms with Crippen LogP contribution in [0.5, 0.6) is 11.5 Å². The molecule has 2 aromatic rings. The third-order valence-corrected chi connectivity index (χ3v) is 7.32. The van der Waals surface area contributed by atoms with Crippen molar-refractivity contribution in [1.29, 1.82) is 0 Å². The van der Waals surface area contributed by atoms with Crippen LogP contribution in [-0.2, 0) is 9.59 Å². The van der Waals surface area contributed by atoms with Gasteiger partial charge in [0.2, 0.25) is 17.8 Å². The Morgan fingerprint density at radius 1 is 1.03 bits per heavy atom. The summed E-state index contributed by atoms with van der Waals surface area (Å²) >= 11 is 0. The molecular formula is C23H29N5O4. The SMILES string of the molecule is COc1cc2nc(N3CCC(N4C(=O)CC5(CCCC5)C4=O)CC3)nc(N)c2cc1OC. The van der Waals surface area contributed by atoms with Crippen LogP contribution in [0, 0.1) is 5.41 Å². The van der Waals surface area contributed by atoms with E-state index >= 15 is 0 Å². The summed E-state index contributed by atoms with van der Waals surface area (Å²) in [6.45, 7) is 1.32. The van der Waals surface area contributed by atoms with Crippen molar-refractivity contribution in [2.24, 2.45) is 5.41 Å². The molecule has 2 N–H and O–H groups in total. The summed E-state index contributed by atoms with van der Waals surface area (Å²) in [4.78, 5) is 38.7. The number of fused-ring (bicyclic) bond motifs is 1. The van der Waals surface area contributed by atoms with Crippen LogP contribution in [0.3, 0.4) is 0 Å². The molecule has 0 radical (unpaired) electrons. The largest absolute Gasteiger partial charge is 0.493 e. The summed E-state index contributed by atoms with van der Waals surface area (Å²) in [7, 11) is 3.15. The summed E-state index contributed by atoms with van der Waals surface area (Å²) in [6, 6.07) is 3.53. The van der Waals surface area contributed by atoms with Gasteiger partial charge in [0.05, 0.1) is 25.2 Å². The van der Waals surface area contributed by atoms with Gasteiger partial charge in [0.15, 0.2) is 11.5 Å². The first kappa shape index (κ1) is 20.8. The minimum Gasteiger partial charge on any atom is -0.493 e. The number of nitrogen functional groups attached to an aromatic ring is 1. The molecule has 3 fully saturated rings. The van der Waals surface area contributed by atoms with Crippen LogP contribution in [0.4, 0.5) is 11.8 Å². The number of amides is 2. The second-order valence-electron chi connectivity index (χ2n) is 9.08. The lowest BCUT2D eigenvalue weighted by molar-refractivity contribution is -0.144. The zero-order valence-corrected chi connectivity index (χ0v) is 18.6. The van der Waals surface area contributed by atoms with Gasteiger partial charge in [0, 0.05) is 37.0 Å². The number of imide groups is 1. The van der Waals surface area contributed by atoms with Crippen molar-refractivity contribution in [2.75, 3.05) is 37.9 Å². The number of nitrogens with zero attached hydrogens (tertiary/aromatic N) is 4. The molecule has 1 saturated carbocycles. The Balaban J connectivity index is 1.34. The molecule has 32 heavy (non-hydrogen) atoms. The predicted molar refractivity (Wildman–Crippen MR) is 120 cm³/mol. The number of hydrogen-bond acceptors (Lipinski definition) is 8. The molecule has 9 nitrogen and oxygen atoms in total. The fourth-order valence-corrected chi connectivity index (χ4v) is 5.56. The van der Waals surface area contributed by atoms with Gasteiger partial charge in [-0.15, -0.1) is 0 Å². The molecule has 1 spiro atoms. The molecule has 2 amide bonds. The number of carbonyl (C=O) groups is 2. The molecule has 3 aliphatic rings. The van der Waals surface area contributed by atoms with Crippen LogP contribution < -0.4 is 20.1 Å². The number of piperidine rings is 1. The van der Waals surface area contributed by atoms with Gasteiger partial charge in [-0.25, -0.2) is 4.98 Å². The number of carbonyl (C=O) groups excluding carboxylic acids is 2. The monoisotopic (exact) mass is 439 g/mol. The molecule has 5 rings (SSSR count). The quantitative estimate of drug-likeness (QED) is 0.724. The number of anilines is 2. The molecule has 9 heteroatoms. The van der Waals surface area contributed by atoms with E-state index in [1.807, 2.05) is 0 Å². The second kappa shape index (κ2) is 7.79. The molecule has 1 aromatic carbocycles. The highest BCUT2D eigenvalue weighted by Gasteiger charge is 2.54. The Morgan fingerprint density at radius 3 is 2.34 bits per heavy atom. The van der Waals surface area contributed by atoms with Crippen LogP contribution in [0.1, 0.15) is 44.9 Å².